The third-order valence-electron chi connectivity index (χ3n) is 3.83. The van der Waals surface area contributed by atoms with E-state index in [4.69, 9.17) is 4.74 Å². The van der Waals surface area contributed by atoms with Gasteiger partial charge in [-0.3, -0.25) is 0 Å². The summed E-state index contributed by atoms with van der Waals surface area (Å²) in [5, 5.41) is 12.9. The van der Waals surface area contributed by atoms with Crippen LogP contribution in [0.3, 0.4) is 0 Å². The summed E-state index contributed by atoms with van der Waals surface area (Å²) in [6.07, 6.45) is 2.68. The van der Waals surface area contributed by atoms with E-state index in [2.05, 4.69) is 19.2 Å². The van der Waals surface area contributed by atoms with Crippen molar-refractivity contribution >= 4 is 6.09 Å². The zero-order chi connectivity index (χ0) is 16.0. The molecule has 1 amide bonds. The van der Waals surface area contributed by atoms with Gasteiger partial charge in [0.15, 0.2) is 0 Å². The lowest BCUT2D eigenvalue weighted by Gasteiger charge is -2.27. The molecule has 1 saturated heterocycles. The number of likely N-dealkylation sites (tertiary alicyclic amines) is 1. The summed E-state index contributed by atoms with van der Waals surface area (Å²) in [5.74, 6) is 0.403. The van der Waals surface area contributed by atoms with E-state index in [1.165, 1.54) is 0 Å². The first-order valence-corrected chi connectivity index (χ1v) is 8.07. The number of nitrogens with zero attached hydrogens (tertiary/aromatic N) is 1. The topological polar surface area (TPSA) is 61.8 Å². The number of hydrogen-bond acceptors (Lipinski definition) is 4. The van der Waals surface area contributed by atoms with Gasteiger partial charge in [0.25, 0.3) is 0 Å². The molecule has 0 bridgehead atoms. The van der Waals surface area contributed by atoms with E-state index >= 15 is 0 Å². The molecule has 5 heteroatoms. The van der Waals surface area contributed by atoms with Gasteiger partial charge in [0.1, 0.15) is 5.60 Å². The second-order valence-electron chi connectivity index (χ2n) is 7.29. The zero-order valence-electron chi connectivity index (χ0n) is 14.2. The van der Waals surface area contributed by atoms with Crippen molar-refractivity contribution in [1.29, 1.82) is 0 Å². The van der Waals surface area contributed by atoms with Crippen molar-refractivity contribution in [3.8, 4) is 0 Å². The Morgan fingerprint density at radius 3 is 2.52 bits per heavy atom. The Kier molecular flexibility index (Phi) is 6.94. The van der Waals surface area contributed by atoms with E-state index in [9.17, 15) is 9.90 Å². The molecule has 1 rings (SSSR count). The summed E-state index contributed by atoms with van der Waals surface area (Å²) in [7, 11) is 0. The minimum absolute atomic E-state index is 0.128. The molecule has 21 heavy (non-hydrogen) atoms. The molecular formula is C16H32N2O3. The minimum atomic E-state index is -0.444. The number of amides is 1. The van der Waals surface area contributed by atoms with E-state index in [0.717, 1.165) is 25.8 Å². The summed E-state index contributed by atoms with van der Waals surface area (Å²) in [6.45, 7) is 11.5. The molecule has 124 valence electrons. The predicted molar refractivity (Wildman–Crippen MR) is 84.3 cm³/mol. The van der Waals surface area contributed by atoms with Gasteiger partial charge >= 0.3 is 6.09 Å². The number of aliphatic hydroxyl groups excluding tert-OH is 1. The number of hydrogen-bond donors (Lipinski definition) is 2. The van der Waals surface area contributed by atoms with E-state index in [1.54, 1.807) is 4.90 Å². The molecule has 2 atom stereocenters. The molecule has 1 fully saturated rings. The molecule has 2 N–H and O–H groups in total. The second-order valence-corrected chi connectivity index (χ2v) is 7.29. The van der Waals surface area contributed by atoms with Gasteiger partial charge in [0.05, 0.1) is 6.61 Å². The van der Waals surface area contributed by atoms with Crippen molar-refractivity contribution in [3.05, 3.63) is 0 Å². The van der Waals surface area contributed by atoms with Crippen molar-refractivity contribution in [1.82, 2.24) is 10.2 Å². The quantitative estimate of drug-likeness (QED) is 0.837. The van der Waals surface area contributed by atoms with Crippen molar-refractivity contribution in [2.24, 2.45) is 5.92 Å². The van der Waals surface area contributed by atoms with Crippen LogP contribution in [0.4, 0.5) is 4.79 Å². The normalized spacial score (nSPS) is 22.0. The number of nitrogens with one attached hydrogen (secondary N) is 1. The van der Waals surface area contributed by atoms with Crippen LogP contribution >= 0.6 is 0 Å². The molecule has 0 spiro atoms. The Hall–Kier alpha value is -0.810. The van der Waals surface area contributed by atoms with Crippen molar-refractivity contribution < 1.29 is 14.6 Å². The van der Waals surface area contributed by atoms with Gasteiger partial charge in [-0.25, -0.2) is 4.79 Å². The fourth-order valence-corrected chi connectivity index (χ4v) is 2.53. The monoisotopic (exact) mass is 300 g/mol. The molecule has 1 unspecified atom stereocenters. The fourth-order valence-electron chi connectivity index (χ4n) is 2.53. The Bertz CT molecular complexity index is 326. The number of ether oxygens (including phenoxy) is 1. The Morgan fingerprint density at radius 1 is 1.33 bits per heavy atom. The van der Waals surface area contributed by atoms with Crippen LogP contribution in [0.15, 0.2) is 0 Å². The van der Waals surface area contributed by atoms with E-state index in [-0.39, 0.29) is 18.7 Å². The molecule has 0 aliphatic carbocycles. The summed E-state index contributed by atoms with van der Waals surface area (Å²) < 4.78 is 5.44. The number of aliphatic hydroxyl groups is 1. The molecule has 0 aromatic carbocycles. The molecule has 1 heterocycles. The first-order valence-electron chi connectivity index (χ1n) is 8.07. The van der Waals surface area contributed by atoms with Crippen LogP contribution in [0.1, 0.15) is 53.9 Å². The summed E-state index contributed by atoms with van der Waals surface area (Å²) >= 11 is 0. The van der Waals surface area contributed by atoms with E-state index < -0.39 is 5.60 Å². The van der Waals surface area contributed by atoms with Crippen LogP contribution < -0.4 is 5.32 Å². The highest BCUT2D eigenvalue weighted by Gasteiger charge is 2.26. The molecule has 0 saturated carbocycles. The lowest BCUT2D eigenvalue weighted by Crippen LogP contribution is -2.44. The summed E-state index contributed by atoms with van der Waals surface area (Å²) in [6, 6.07) is 0.486. The first kappa shape index (κ1) is 18.2. The fraction of sp³-hybridized carbons (Fsp3) is 0.938. The first-order chi connectivity index (χ1) is 9.73. The maximum absolute atomic E-state index is 12.1. The lowest BCUT2D eigenvalue weighted by molar-refractivity contribution is 0.0255. The van der Waals surface area contributed by atoms with Crippen LogP contribution in [0.25, 0.3) is 0 Å². The molecule has 0 radical (unpaired) electrons. The van der Waals surface area contributed by atoms with Crippen LogP contribution in [-0.4, -0.2) is 53.5 Å². The van der Waals surface area contributed by atoms with Gasteiger partial charge in [-0.1, -0.05) is 13.8 Å². The third kappa shape index (κ3) is 6.66. The van der Waals surface area contributed by atoms with Gasteiger partial charge in [-0.15, -0.1) is 0 Å². The summed E-state index contributed by atoms with van der Waals surface area (Å²) in [4.78, 5) is 13.9. The van der Waals surface area contributed by atoms with Gasteiger partial charge < -0.3 is 20.1 Å². The van der Waals surface area contributed by atoms with Crippen LogP contribution in [0.2, 0.25) is 0 Å². The molecule has 0 aromatic heterocycles. The number of carbonyl (C=O) groups excluding carboxylic acids is 1. The molecule has 5 nitrogen and oxygen atoms in total. The smallest absolute Gasteiger partial charge is 0.410 e. The second kappa shape index (κ2) is 7.99. The van der Waals surface area contributed by atoms with Crippen molar-refractivity contribution in [3.63, 3.8) is 0 Å². The van der Waals surface area contributed by atoms with E-state index in [0.29, 0.717) is 18.5 Å². The molecule has 0 aromatic rings. The highest BCUT2D eigenvalue weighted by Crippen LogP contribution is 2.16. The van der Waals surface area contributed by atoms with Crippen molar-refractivity contribution in [2.75, 3.05) is 19.7 Å². The highest BCUT2D eigenvalue weighted by molar-refractivity contribution is 5.68. The largest absolute Gasteiger partial charge is 0.444 e. The maximum Gasteiger partial charge on any atom is 0.410 e. The number of rotatable bonds is 4. The standard InChI is InChI=1S/C16H32N2O3/c1-12(2)14(11-19)17-13-7-6-9-18(10-8-13)15(20)21-16(3,4)5/h12-14,17,19H,6-11H2,1-5H3/t13?,14-/m1/s1. The SMILES string of the molecule is CC(C)[C@@H](CO)NC1CCCN(C(=O)OC(C)(C)C)CC1. The van der Waals surface area contributed by atoms with E-state index in [1.807, 2.05) is 20.8 Å². The lowest BCUT2D eigenvalue weighted by atomic mass is 10.0. The van der Waals surface area contributed by atoms with Gasteiger partial charge in [-0.2, -0.15) is 0 Å². The molecule has 1 aliphatic heterocycles. The average molecular weight is 300 g/mol. The Labute approximate surface area is 129 Å². The molecule has 1 aliphatic rings. The van der Waals surface area contributed by atoms with Gasteiger partial charge in [-0.05, 0) is 46.0 Å². The van der Waals surface area contributed by atoms with Crippen molar-refractivity contribution in [2.45, 2.75) is 71.6 Å². The van der Waals surface area contributed by atoms with Crippen LogP contribution in [-0.2, 0) is 4.74 Å². The number of carbonyl (C=O) groups is 1. The summed E-state index contributed by atoms with van der Waals surface area (Å²) in [5.41, 5.74) is -0.444. The third-order valence-corrected chi connectivity index (χ3v) is 3.83. The maximum atomic E-state index is 12.1. The Balaban J connectivity index is 2.48. The van der Waals surface area contributed by atoms with Crippen LogP contribution in [0.5, 0.6) is 0 Å². The van der Waals surface area contributed by atoms with Crippen LogP contribution in [0, 0.1) is 5.92 Å². The molecular weight excluding hydrogens is 268 g/mol. The van der Waals surface area contributed by atoms with Gasteiger partial charge in [0, 0.05) is 25.2 Å². The Morgan fingerprint density at radius 2 is 2.00 bits per heavy atom. The average Bonchev–Trinajstić information content (AvgIpc) is 2.58. The minimum Gasteiger partial charge on any atom is -0.444 e. The predicted octanol–water partition coefficient (Wildman–Crippen LogP) is 2.38. The highest BCUT2D eigenvalue weighted by atomic mass is 16.6. The zero-order valence-corrected chi connectivity index (χ0v) is 14.2. The van der Waals surface area contributed by atoms with Gasteiger partial charge in [0.2, 0.25) is 0 Å².